The molecule has 2 aromatic carbocycles. The summed E-state index contributed by atoms with van der Waals surface area (Å²) in [6.07, 6.45) is 7.79. The highest BCUT2D eigenvalue weighted by Gasteiger charge is 2.34. The van der Waals surface area contributed by atoms with E-state index in [9.17, 15) is 8.78 Å². The van der Waals surface area contributed by atoms with Gasteiger partial charge in [0.2, 0.25) is 0 Å². The van der Waals surface area contributed by atoms with Crippen LogP contribution < -0.4 is 4.74 Å². The van der Waals surface area contributed by atoms with E-state index < -0.39 is 11.6 Å². The molecular weight excluding hydrogens is 318 g/mol. The van der Waals surface area contributed by atoms with Gasteiger partial charge in [0.15, 0.2) is 17.4 Å². The van der Waals surface area contributed by atoms with Gasteiger partial charge in [0.05, 0.1) is 7.11 Å². The molecule has 0 saturated heterocycles. The van der Waals surface area contributed by atoms with Gasteiger partial charge in [-0.15, -0.1) is 0 Å². The Morgan fingerprint density at radius 2 is 1.72 bits per heavy atom. The molecule has 0 radical (unpaired) electrons. The first kappa shape index (κ1) is 16.8. The SMILES string of the molecule is COc1c(F)cc2cc([C@@H]3CC[C@@H]4CC(C)CCC4C3)ccc2c1F. The number of benzene rings is 2. The van der Waals surface area contributed by atoms with Gasteiger partial charge in [-0.25, -0.2) is 8.78 Å². The maximum Gasteiger partial charge on any atom is 0.191 e. The van der Waals surface area contributed by atoms with E-state index in [0.29, 0.717) is 16.7 Å². The summed E-state index contributed by atoms with van der Waals surface area (Å²) in [5.41, 5.74) is 1.23. The zero-order valence-electron chi connectivity index (χ0n) is 15.0. The molecule has 2 aliphatic carbocycles. The van der Waals surface area contributed by atoms with Gasteiger partial charge in [0.25, 0.3) is 0 Å². The van der Waals surface area contributed by atoms with Gasteiger partial charge in [-0.3, -0.25) is 0 Å². The summed E-state index contributed by atoms with van der Waals surface area (Å²) < 4.78 is 33.3. The van der Waals surface area contributed by atoms with Gasteiger partial charge < -0.3 is 4.74 Å². The third kappa shape index (κ3) is 3.02. The van der Waals surface area contributed by atoms with Crippen molar-refractivity contribution in [3.05, 3.63) is 41.5 Å². The summed E-state index contributed by atoms with van der Waals surface area (Å²) in [5, 5.41) is 1.06. The quantitative estimate of drug-likeness (QED) is 0.608. The second kappa shape index (κ2) is 6.59. The van der Waals surface area contributed by atoms with Gasteiger partial charge in [0.1, 0.15) is 0 Å². The van der Waals surface area contributed by atoms with Crippen LogP contribution in [0.4, 0.5) is 8.78 Å². The topological polar surface area (TPSA) is 9.23 Å². The molecule has 0 N–H and O–H groups in total. The molecule has 3 heteroatoms. The van der Waals surface area contributed by atoms with Crippen molar-refractivity contribution in [1.82, 2.24) is 0 Å². The van der Waals surface area contributed by atoms with Crippen molar-refractivity contribution in [1.29, 1.82) is 0 Å². The summed E-state index contributed by atoms with van der Waals surface area (Å²) in [4.78, 5) is 0. The summed E-state index contributed by atoms with van der Waals surface area (Å²) in [6.45, 7) is 2.38. The molecule has 0 bridgehead atoms. The summed E-state index contributed by atoms with van der Waals surface area (Å²) in [6, 6.07) is 7.20. The fraction of sp³-hybridized carbons (Fsp3) is 0.545. The maximum atomic E-state index is 14.4. The summed E-state index contributed by atoms with van der Waals surface area (Å²) in [7, 11) is 1.30. The molecule has 0 aromatic heterocycles. The van der Waals surface area contributed by atoms with Crippen molar-refractivity contribution in [2.24, 2.45) is 17.8 Å². The smallest absolute Gasteiger partial charge is 0.191 e. The van der Waals surface area contributed by atoms with Crippen molar-refractivity contribution >= 4 is 10.8 Å². The number of halogens is 2. The van der Waals surface area contributed by atoms with Crippen molar-refractivity contribution in [2.75, 3.05) is 7.11 Å². The van der Waals surface area contributed by atoms with Crippen LogP contribution in [0, 0.1) is 29.4 Å². The van der Waals surface area contributed by atoms with Crippen LogP contribution in [0.25, 0.3) is 10.8 Å². The molecule has 0 heterocycles. The molecule has 25 heavy (non-hydrogen) atoms. The van der Waals surface area contributed by atoms with E-state index in [-0.39, 0.29) is 5.75 Å². The average Bonchev–Trinajstić information content (AvgIpc) is 2.61. The van der Waals surface area contributed by atoms with Gasteiger partial charge in [-0.1, -0.05) is 31.5 Å². The lowest BCUT2D eigenvalue weighted by atomic mass is 9.64. The maximum absolute atomic E-state index is 14.4. The Morgan fingerprint density at radius 1 is 0.960 bits per heavy atom. The lowest BCUT2D eigenvalue weighted by Gasteiger charge is -2.41. The van der Waals surface area contributed by atoms with E-state index in [4.69, 9.17) is 4.74 Å². The molecule has 1 nitrogen and oxygen atoms in total. The van der Waals surface area contributed by atoms with Crippen molar-refractivity contribution in [3.63, 3.8) is 0 Å². The third-order valence-electron chi connectivity index (χ3n) is 6.56. The van der Waals surface area contributed by atoms with E-state index in [1.165, 1.54) is 57.3 Å². The first-order valence-electron chi connectivity index (χ1n) is 9.52. The zero-order chi connectivity index (χ0) is 17.6. The molecule has 134 valence electrons. The number of methoxy groups -OCH3 is 1. The van der Waals surface area contributed by atoms with Crippen LogP contribution in [-0.4, -0.2) is 7.11 Å². The molecule has 0 amide bonds. The largest absolute Gasteiger partial charge is 0.491 e. The Hall–Kier alpha value is -1.64. The molecule has 2 aromatic rings. The van der Waals surface area contributed by atoms with Crippen molar-refractivity contribution in [2.45, 2.75) is 51.4 Å². The Balaban J connectivity index is 1.62. The first-order chi connectivity index (χ1) is 12.1. The predicted octanol–water partition coefficient (Wildman–Crippen LogP) is 6.45. The normalized spacial score (nSPS) is 29.4. The fourth-order valence-electron chi connectivity index (χ4n) is 5.20. The fourth-order valence-corrected chi connectivity index (χ4v) is 5.20. The number of fused-ring (bicyclic) bond motifs is 2. The molecule has 2 fully saturated rings. The zero-order valence-corrected chi connectivity index (χ0v) is 15.0. The number of rotatable bonds is 2. The molecular formula is C22H26F2O. The van der Waals surface area contributed by atoms with E-state index in [1.807, 2.05) is 12.1 Å². The van der Waals surface area contributed by atoms with Gasteiger partial charge >= 0.3 is 0 Å². The van der Waals surface area contributed by atoms with Crippen LogP contribution in [0.2, 0.25) is 0 Å². The summed E-state index contributed by atoms with van der Waals surface area (Å²) >= 11 is 0. The molecule has 4 atom stereocenters. The minimum absolute atomic E-state index is 0.294. The van der Waals surface area contributed by atoms with Crippen molar-refractivity contribution in [3.8, 4) is 5.75 Å². The summed E-state index contributed by atoms with van der Waals surface area (Å²) in [5.74, 6) is 1.59. The van der Waals surface area contributed by atoms with Crippen LogP contribution in [-0.2, 0) is 0 Å². The lowest BCUT2D eigenvalue weighted by molar-refractivity contribution is 0.124. The second-order valence-electron chi connectivity index (χ2n) is 8.13. The molecule has 0 aliphatic heterocycles. The molecule has 4 rings (SSSR count). The highest BCUT2D eigenvalue weighted by molar-refractivity contribution is 5.85. The minimum atomic E-state index is -0.630. The van der Waals surface area contributed by atoms with Gasteiger partial charge in [-0.05, 0) is 72.8 Å². The minimum Gasteiger partial charge on any atom is -0.491 e. The highest BCUT2D eigenvalue weighted by atomic mass is 19.1. The predicted molar refractivity (Wildman–Crippen MR) is 97.0 cm³/mol. The van der Waals surface area contributed by atoms with Crippen LogP contribution >= 0.6 is 0 Å². The van der Waals surface area contributed by atoms with Gasteiger partial charge in [0, 0.05) is 5.39 Å². The Bertz CT molecular complexity index is 785. The van der Waals surface area contributed by atoms with Gasteiger partial charge in [-0.2, -0.15) is 0 Å². The van der Waals surface area contributed by atoms with Crippen LogP contribution in [0.1, 0.15) is 56.9 Å². The van der Waals surface area contributed by atoms with Crippen LogP contribution in [0.3, 0.4) is 0 Å². The van der Waals surface area contributed by atoms with Crippen LogP contribution in [0.5, 0.6) is 5.75 Å². The van der Waals surface area contributed by atoms with E-state index in [1.54, 1.807) is 6.07 Å². The Labute approximate surface area is 148 Å². The first-order valence-corrected chi connectivity index (χ1v) is 9.52. The van der Waals surface area contributed by atoms with E-state index in [0.717, 1.165) is 17.8 Å². The Kier molecular flexibility index (Phi) is 4.43. The van der Waals surface area contributed by atoms with E-state index >= 15 is 0 Å². The molecule has 2 unspecified atom stereocenters. The highest BCUT2D eigenvalue weighted by Crippen LogP contribution is 2.47. The average molecular weight is 344 g/mol. The second-order valence-corrected chi connectivity index (χ2v) is 8.13. The standard InChI is InChI=1S/C22H26F2O/c1-13-3-4-15-10-16(6-5-14(15)9-13)17-7-8-19-18(11-17)12-20(23)22(25-2)21(19)24/h7-8,11-16H,3-6,9-10H2,1-2H3/t13?,14-,15?,16-/m1/s1. The third-order valence-corrected chi connectivity index (χ3v) is 6.56. The number of hydrogen-bond acceptors (Lipinski definition) is 1. The Morgan fingerprint density at radius 3 is 2.52 bits per heavy atom. The molecule has 2 saturated carbocycles. The molecule has 2 aliphatic rings. The number of hydrogen-bond donors (Lipinski definition) is 0. The van der Waals surface area contributed by atoms with Crippen molar-refractivity contribution < 1.29 is 13.5 Å². The molecule has 0 spiro atoms. The van der Waals surface area contributed by atoms with Crippen LogP contribution in [0.15, 0.2) is 24.3 Å². The van der Waals surface area contributed by atoms with E-state index in [2.05, 4.69) is 6.92 Å². The monoisotopic (exact) mass is 344 g/mol. The lowest BCUT2D eigenvalue weighted by Crippen LogP contribution is -2.29. The number of ether oxygens (including phenoxy) is 1.